The van der Waals surface area contributed by atoms with E-state index < -0.39 is 0 Å². The van der Waals surface area contributed by atoms with Crippen LogP contribution in [-0.2, 0) is 11.3 Å². The van der Waals surface area contributed by atoms with Crippen LogP contribution in [0.25, 0.3) is 11.4 Å². The summed E-state index contributed by atoms with van der Waals surface area (Å²) in [6, 6.07) is 1.46. The Balaban J connectivity index is 2.20. The summed E-state index contributed by atoms with van der Waals surface area (Å²) >= 11 is 0. The predicted molar refractivity (Wildman–Crippen MR) is 109 cm³/mol. The molecule has 0 bridgehead atoms. The number of fused-ring (bicyclic) bond motifs is 1. The van der Waals surface area contributed by atoms with Crippen molar-refractivity contribution in [2.45, 2.75) is 47.1 Å². The van der Waals surface area contributed by atoms with Crippen molar-refractivity contribution >= 4 is 11.4 Å². The van der Waals surface area contributed by atoms with Gasteiger partial charge >= 0.3 is 0 Å². The van der Waals surface area contributed by atoms with Crippen molar-refractivity contribution in [2.24, 2.45) is 5.92 Å². The number of hydrogen-bond donors (Lipinski definition) is 1. The van der Waals surface area contributed by atoms with Gasteiger partial charge in [-0.1, -0.05) is 51.2 Å². The van der Waals surface area contributed by atoms with Gasteiger partial charge in [0.15, 0.2) is 5.82 Å². The fourth-order valence-corrected chi connectivity index (χ4v) is 2.39. The van der Waals surface area contributed by atoms with Crippen LogP contribution in [0.2, 0.25) is 0 Å². The van der Waals surface area contributed by atoms with Crippen LogP contribution in [0.4, 0.5) is 0 Å². The molecule has 0 saturated heterocycles. The number of hydrogen-bond acceptors (Lipinski definition) is 4. The molecule has 1 N–H and O–H groups in total. The summed E-state index contributed by atoms with van der Waals surface area (Å²) in [5.74, 6) is 2.36. The van der Waals surface area contributed by atoms with Crippen LogP contribution in [0.5, 0.6) is 0 Å². The highest BCUT2D eigenvalue weighted by Crippen LogP contribution is 2.13. The molecule has 0 saturated carbocycles. The van der Waals surface area contributed by atoms with Gasteiger partial charge in [0, 0.05) is 11.6 Å². The molecular formula is C21H28N4O2. The van der Waals surface area contributed by atoms with Crippen molar-refractivity contribution in [3.8, 4) is 0 Å². The summed E-state index contributed by atoms with van der Waals surface area (Å²) in [6.45, 7) is 12.1. The molecule has 0 amide bonds. The molecule has 144 valence electrons. The maximum absolute atomic E-state index is 12.4. The first-order valence-corrected chi connectivity index (χ1v) is 9.22. The summed E-state index contributed by atoms with van der Waals surface area (Å²) in [4.78, 5) is 21.2. The monoisotopic (exact) mass is 368 g/mol. The molecule has 1 unspecified atom stereocenters. The molecule has 1 atom stereocenters. The third-order valence-electron chi connectivity index (χ3n) is 4.33. The lowest BCUT2D eigenvalue weighted by Crippen LogP contribution is -2.16. The molecule has 0 aliphatic carbocycles. The standard InChI is InChI=1S/C21H28N4O2/c1-6-9-10-17(8-3)20-23-21-22-18(13-19(26)25(21)24-20)14-27-16(5)12-11-15(4)7-2/h6,8-10,12-13,15H,1,7,11,14H2,2-5H3,(H,22,23,24)/b10-9-,16-12?,17-8+. The quantitative estimate of drug-likeness (QED) is 0.525. The molecule has 6 heteroatoms. The van der Waals surface area contributed by atoms with Crippen molar-refractivity contribution in [1.29, 1.82) is 0 Å². The van der Waals surface area contributed by atoms with E-state index in [0.717, 1.165) is 24.2 Å². The molecule has 0 aliphatic rings. The van der Waals surface area contributed by atoms with Crippen LogP contribution in [0.15, 0.2) is 53.6 Å². The first kappa shape index (κ1) is 20.4. The number of aromatic nitrogens is 4. The first-order valence-electron chi connectivity index (χ1n) is 9.22. The molecule has 2 rings (SSSR count). The Labute approximate surface area is 160 Å². The van der Waals surface area contributed by atoms with E-state index in [4.69, 9.17) is 4.74 Å². The molecule has 27 heavy (non-hydrogen) atoms. The van der Waals surface area contributed by atoms with E-state index in [2.05, 4.69) is 41.6 Å². The summed E-state index contributed by atoms with van der Waals surface area (Å²) in [5.41, 5.74) is 1.18. The molecule has 0 fully saturated rings. The van der Waals surface area contributed by atoms with Crippen LogP contribution in [0, 0.1) is 5.92 Å². The molecule has 2 aromatic heterocycles. The lowest BCUT2D eigenvalue weighted by Gasteiger charge is -2.08. The molecule has 2 aromatic rings. The van der Waals surface area contributed by atoms with Gasteiger partial charge < -0.3 is 4.74 Å². The zero-order valence-electron chi connectivity index (χ0n) is 16.5. The molecule has 2 heterocycles. The van der Waals surface area contributed by atoms with E-state index in [1.807, 2.05) is 32.1 Å². The van der Waals surface area contributed by atoms with Gasteiger partial charge in [0.1, 0.15) is 6.61 Å². The van der Waals surface area contributed by atoms with E-state index in [9.17, 15) is 4.79 Å². The van der Waals surface area contributed by atoms with E-state index in [-0.39, 0.29) is 12.2 Å². The van der Waals surface area contributed by atoms with Gasteiger partial charge in [-0.05, 0) is 32.3 Å². The molecule has 0 aromatic carbocycles. The molecule has 6 nitrogen and oxygen atoms in total. The van der Waals surface area contributed by atoms with E-state index in [0.29, 0.717) is 23.2 Å². The zero-order valence-corrected chi connectivity index (χ0v) is 16.5. The Kier molecular flexibility index (Phi) is 7.34. The zero-order chi connectivity index (χ0) is 19.8. The topological polar surface area (TPSA) is 72.3 Å². The summed E-state index contributed by atoms with van der Waals surface area (Å²) in [6.07, 6.45) is 11.5. The number of nitrogens with zero attached hydrogens (tertiary/aromatic N) is 3. The second-order valence-electron chi connectivity index (χ2n) is 6.48. The Morgan fingerprint density at radius 2 is 2.22 bits per heavy atom. The third kappa shape index (κ3) is 5.54. The Morgan fingerprint density at radius 1 is 1.44 bits per heavy atom. The molecule has 0 radical (unpaired) electrons. The Morgan fingerprint density at radius 3 is 2.89 bits per heavy atom. The number of allylic oxidation sites excluding steroid dienone is 7. The Bertz CT molecular complexity index is 931. The third-order valence-corrected chi connectivity index (χ3v) is 4.33. The van der Waals surface area contributed by atoms with Crippen molar-refractivity contribution in [1.82, 2.24) is 19.6 Å². The lowest BCUT2D eigenvalue weighted by molar-refractivity contribution is 0.195. The highest BCUT2D eigenvalue weighted by molar-refractivity contribution is 5.70. The SMILES string of the molecule is C=C/C=C\C(=C/C)c1nc2nc(COC(C)=CCC(C)CC)cc(=O)n2[nH]1. The minimum Gasteiger partial charge on any atom is -0.492 e. The summed E-state index contributed by atoms with van der Waals surface area (Å²) in [7, 11) is 0. The van der Waals surface area contributed by atoms with Crippen LogP contribution in [0.3, 0.4) is 0 Å². The fraction of sp³-hybridized carbons (Fsp3) is 0.381. The van der Waals surface area contributed by atoms with Crippen molar-refractivity contribution in [3.05, 3.63) is 70.7 Å². The maximum atomic E-state index is 12.4. The number of nitrogens with one attached hydrogen (secondary N) is 1. The average Bonchev–Trinajstić information content (AvgIpc) is 3.09. The van der Waals surface area contributed by atoms with Crippen LogP contribution < -0.4 is 5.56 Å². The van der Waals surface area contributed by atoms with E-state index >= 15 is 0 Å². The number of rotatable bonds is 9. The van der Waals surface area contributed by atoms with E-state index in [1.165, 1.54) is 10.6 Å². The highest BCUT2D eigenvalue weighted by Gasteiger charge is 2.10. The van der Waals surface area contributed by atoms with Gasteiger partial charge in [0.25, 0.3) is 11.3 Å². The second kappa shape index (κ2) is 9.71. The van der Waals surface area contributed by atoms with Crippen LogP contribution >= 0.6 is 0 Å². The first-order chi connectivity index (χ1) is 13.0. The number of aromatic amines is 1. The van der Waals surface area contributed by atoms with Gasteiger partial charge in [-0.15, -0.1) is 0 Å². The summed E-state index contributed by atoms with van der Waals surface area (Å²) in [5, 5.41) is 2.98. The minimum absolute atomic E-state index is 0.221. The van der Waals surface area contributed by atoms with Crippen LogP contribution in [0.1, 0.15) is 52.1 Å². The van der Waals surface area contributed by atoms with Gasteiger partial charge in [0.2, 0.25) is 0 Å². The van der Waals surface area contributed by atoms with Gasteiger partial charge in [0.05, 0.1) is 11.5 Å². The van der Waals surface area contributed by atoms with Crippen molar-refractivity contribution < 1.29 is 4.74 Å². The second-order valence-corrected chi connectivity index (χ2v) is 6.48. The fourth-order valence-electron chi connectivity index (χ4n) is 2.39. The van der Waals surface area contributed by atoms with Crippen LogP contribution in [-0.4, -0.2) is 19.6 Å². The largest absolute Gasteiger partial charge is 0.492 e. The van der Waals surface area contributed by atoms with Gasteiger partial charge in [-0.2, -0.15) is 9.50 Å². The Hall–Kier alpha value is -2.89. The normalized spacial score (nSPS) is 14.1. The predicted octanol–water partition coefficient (Wildman–Crippen LogP) is 4.42. The van der Waals surface area contributed by atoms with Crippen molar-refractivity contribution in [3.63, 3.8) is 0 Å². The summed E-state index contributed by atoms with van der Waals surface area (Å²) < 4.78 is 7.06. The minimum atomic E-state index is -0.221. The van der Waals surface area contributed by atoms with Crippen molar-refractivity contribution in [2.75, 3.05) is 0 Å². The average molecular weight is 368 g/mol. The number of ether oxygens (including phenoxy) is 1. The smallest absolute Gasteiger partial charge is 0.274 e. The van der Waals surface area contributed by atoms with E-state index in [1.54, 1.807) is 6.08 Å². The molecular weight excluding hydrogens is 340 g/mol. The molecule has 0 spiro atoms. The lowest BCUT2D eigenvalue weighted by atomic mass is 10.1. The highest BCUT2D eigenvalue weighted by atomic mass is 16.5. The van der Waals surface area contributed by atoms with Gasteiger partial charge in [-0.3, -0.25) is 9.89 Å². The van der Waals surface area contributed by atoms with Gasteiger partial charge in [-0.25, -0.2) is 4.98 Å². The number of H-pyrrole nitrogens is 1. The maximum Gasteiger partial charge on any atom is 0.274 e. The molecule has 0 aliphatic heterocycles.